The Morgan fingerprint density at radius 2 is 1.90 bits per heavy atom. The maximum atomic E-state index is 12.9. The van der Waals surface area contributed by atoms with Crippen LogP contribution in [0.4, 0.5) is 5.69 Å². The summed E-state index contributed by atoms with van der Waals surface area (Å²) in [5, 5.41) is 11.6. The summed E-state index contributed by atoms with van der Waals surface area (Å²) < 4.78 is 0. The Balaban J connectivity index is 0.00000240. The van der Waals surface area contributed by atoms with Crippen molar-refractivity contribution in [3.8, 4) is 0 Å². The highest BCUT2D eigenvalue weighted by Gasteiger charge is 2.42. The smallest absolute Gasteiger partial charge is 0.284 e. The number of carbonyl (C=O) groups excluding carboxylic acids is 1. The Bertz CT molecular complexity index is 922. The number of carbonyl (C=O) groups is 1. The van der Waals surface area contributed by atoms with E-state index in [1.54, 1.807) is 17.0 Å². The van der Waals surface area contributed by atoms with Gasteiger partial charge in [0, 0.05) is 35.7 Å². The van der Waals surface area contributed by atoms with Crippen LogP contribution in [0.25, 0.3) is 0 Å². The van der Waals surface area contributed by atoms with Gasteiger partial charge in [-0.15, -0.1) is 12.4 Å². The van der Waals surface area contributed by atoms with E-state index < -0.39 is 4.92 Å². The third-order valence-electron chi connectivity index (χ3n) is 5.85. The van der Waals surface area contributed by atoms with Crippen molar-refractivity contribution in [2.45, 2.75) is 35.6 Å². The summed E-state index contributed by atoms with van der Waals surface area (Å²) in [7, 11) is 0. The maximum absolute atomic E-state index is 12.9. The lowest BCUT2D eigenvalue weighted by atomic mass is 9.98. The SMILES string of the molecule is Cc1ccc(Sc2ccc(C(=O)N3CC4CCC(N)C4C3)cc2[N+](=O)[O-])cc1.Cl. The Kier molecular flexibility index (Phi) is 6.51. The van der Waals surface area contributed by atoms with Gasteiger partial charge in [0.05, 0.1) is 9.82 Å². The number of nitro benzene ring substituents is 1. The fourth-order valence-electron chi connectivity index (χ4n) is 4.27. The van der Waals surface area contributed by atoms with E-state index in [1.807, 2.05) is 31.2 Å². The Labute approximate surface area is 180 Å². The third-order valence-corrected chi connectivity index (χ3v) is 6.92. The fourth-order valence-corrected chi connectivity index (χ4v) is 5.17. The summed E-state index contributed by atoms with van der Waals surface area (Å²) in [6.45, 7) is 3.35. The zero-order valence-corrected chi connectivity index (χ0v) is 17.7. The Morgan fingerprint density at radius 3 is 2.55 bits per heavy atom. The van der Waals surface area contributed by atoms with Gasteiger partial charge in [0.2, 0.25) is 0 Å². The molecular weight excluding hydrogens is 410 g/mol. The first-order valence-electron chi connectivity index (χ1n) is 9.50. The lowest BCUT2D eigenvalue weighted by Crippen LogP contribution is -2.33. The van der Waals surface area contributed by atoms with Gasteiger partial charge in [0.25, 0.3) is 11.6 Å². The van der Waals surface area contributed by atoms with Crippen LogP contribution in [-0.4, -0.2) is 34.9 Å². The van der Waals surface area contributed by atoms with Gasteiger partial charge in [-0.3, -0.25) is 14.9 Å². The second-order valence-electron chi connectivity index (χ2n) is 7.73. The molecule has 2 aliphatic rings. The van der Waals surface area contributed by atoms with Gasteiger partial charge in [0.15, 0.2) is 0 Å². The molecule has 4 rings (SSSR count). The summed E-state index contributed by atoms with van der Waals surface area (Å²) in [6, 6.07) is 12.8. The van der Waals surface area contributed by atoms with Gasteiger partial charge >= 0.3 is 0 Å². The molecule has 0 aromatic heterocycles. The summed E-state index contributed by atoms with van der Waals surface area (Å²) in [4.78, 5) is 27.4. The van der Waals surface area contributed by atoms with E-state index >= 15 is 0 Å². The number of likely N-dealkylation sites (tertiary alicyclic amines) is 1. The zero-order valence-electron chi connectivity index (χ0n) is 16.1. The number of fused-ring (bicyclic) bond motifs is 1. The van der Waals surface area contributed by atoms with Crippen LogP contribution in [0.3, 0.4) is 0 Å². The second-order valence-corrected chi connectivity index (χ2v) is 8.85. The first-order valence-corrected chi connectivity index (χ1v) is 10.3. The third kappa shape index (κ3) is 4.42. The highest BCUT2D eigenvalue weighted by Crippen LogP contribution is 2.39. The molecule has 0 bridgehead atoms. The van der Waals surface area contributed by atoms with E-state index in [-0.39, 0.29) is 30.0 Å². The number of nitrogens with two attached hydrogens (primary N) is 1. The largest absolute Gasteiger partial charge is 0.338 e. The molecule has 0 radical (unpaired) electrons. The van der Waals surface area contributed by atoms with E-state index in [2.05, 4.69) is 0 Å². The van der Waals surface area contributed by atoms with Gasteiger partial charge in [0.1, 0.15) is 0 Å². The predicted octanol–water partition coefficient (Wildman–Crippen LogP) is 4.29. The normalized spacial score (nSPS) is 22.8. The molecule has 0 spiro atoms. The van der Waals surface area contributed by atoms with Crippen molar-refractivity contribution >= 4 is 35.8 Å². The number of aryl methyl sites for hydroxylation is 1. The zero-order chi connectivity index (χ0) is 19.8. The molecule has 2 aromatic rings. The molecular formula is C21H24ClN3O3S. The first kappa shape index (κ1) is 21.6. The molecule has 2 fully saturated rings. The standard InChI is InChI=1S/C21H23N3O3S.ClH/c1-13-2-6-16(7-3-13)28-20-9-5-14(10-19(20)24(26)27)21(25)23-11-15-4-8-18(22)17(15)12-23;/h2-3,5-7,9-10,15,17-18H,4,8,11-12,22H2,1H3;1H. The van der Waals surface area contributed by atoms with Crippen molar-refractivity contribution < 1.29 is 9.72 Å². The minimum atomic E-state index is -0.415. The van der Waals surface area contributed by atoms with Gasteiger partial charge in [-0.25, -0.2) is 0 Å². The van der Waals surface area contributed by atoms with Crippen LogP contribution in [0.1, 0.15) is 28.8 Å². The average molecular weight is 434 g/mol. The number of hydrogen-bond donors (Lipinski definition) is 1. The van der Waals surface area contributed by atoms with Crippen LogP contribution < -0.4 is 5.73 Å². The molecule has 6 nitrogen and oxygen atoms in total. The molecule has 8 heteroatoms. The van der Waals surface area contributed by atoms with Crippen LogP contribution in [0.15, 0.2) is 52.3 Å². The van der Waals surface area contributed by atoms with Crippen LogP contribution in [0.5, 0.6) is 0 Å². The second kappa shape index (κ2) is 8.73. The number of halogens is 1. The lowest BCUT2D eigenvalue weighted by Gasteiger charge is -2.19. The highest BCUT2D eigenvalue weighted by atomic mass is 35.5. The van der Waals surface area contributed by atoms with Crippen molar-refractivity contribution in [2.24, 2.45) is 17.6 Å². The summed E-state index contributed by atoms with van der Waals surface area (Å²) in [5.41, 5.74) is 7.63. The quantitative estimate of drug-likeness (QED) is 0.574. The number of nitro groups is 1. The lowest BCUT2D eigenvalue weighted by molar-refractivity contribution is -0.387. The van der Waals surface area contributed by atoms with Gasteiger partial charge in [-0.2, -0.15) is 0 Å². The molecule has 1 aliphatic heterocycles. The molecule has 3 unspecified atom stereocenters. The first-order chi connectivity index (χ1) is 13.4. The number of benzene rings is 2. The fraction of sp³-hybridized carbons (Fsp3) is 0.381. The molecule has 1 saturated heterocycles. The average Bonchev–Trinajstić information content (AvgIpc) is 3.25. The number of amides is 1. The Hall–Kier alpha value is -2.09. The van der Waals surface area contributed by atoms with E-state index in [9.17, 15) is 14.9 Å². The number of hydrogen-bond acceptors (Lipinski definition) is 5. The molecule has 3 atom stereocenters. The van der Waals surface area contributed by atoms with Crippen LogP contribution in [0, 0.1) is 28.9 Å². The van der Waals surface area contributed by atoms with E-state index in [0.717, 1.165) is 23.3 Å². The van der Waals surface area contributed by atoms with Gasteiger partial charge < -0.3 is 10.6 Å². The molecule has 2 N–H and O–H groups in total. The predicted molar refractivity (Wildman–Crippen MR) is 116 cm³/mol. The van der Waals surface area contributed by atoms with Gasteiger partial charge in [-0.1, -0.05) is 29.5 Å². The van der Waals surface area contributed by atoms with E-state index in [4.69, 9.17) is 5.73 Å². The van der Waals surface area contributed by atoms with Gasteiger partial charge in [-0.05, 0) is 55.9 Å². The Morgan fingerprint density at radius 1 is 1.17 bits per heavy atom. The summed E-state index contributed by atoms with van der Waals surface area (Å²) in [6.07, 6.45) is 2.08. The topological polar surface area (TPSA) is 89.5 Å². The van der Waals surface area contributed by atoms with Crippen LogP contribution in [-0.2, 0) is 0 Å². The molecule has 1 saturated carbocycles. The maximum Gasteiger partial charge on any atom is 0.284 e. The van der Waals surface area contributed by atoms with Crippen molar-refractivity contribution in [1.29, 1.82) is 0 Å². The molecule has 29 heavy (non-hydrogen) atoms. The molecule has 1 aliphatic carbocycles. The van der Waals surface area contributed by atoms with Crippen molar-refractivity contribution in [3.05, 3.63) is 63.7 Å². The molecule has 2 aromatic carbocycles. The number of nitrogens with zero attached hydrogens (tertiary/aromatic N) is 2. The summed E-state index contributed by atoms with van der Waals surface area (Å²) in [5.74, 6) is 0.678. The summed E-state index contributed by atoms with van der Waals surface area (Å²) >= 11 is 1.33. The monoisotopic (exact) mass is 433 g/mol. The minimum absolute atomic E-state index is 0. The van der Waals surface area contributed by atoms with Crippen LogP contribution >= 0.6 is 24.2 Å². The van der Waals surface area contributed by atoms with Crippen LogP contribution in [0.2, 0.25) is 0 Å². The molecule has 154 valence electrons. The minimum Gasteiger partial charge on any atom is -0.338 e. The highest BCUT2D eigenvalue weighted by molar-refractivity contribution is 7.99. The van der Waals surface area contributed by atoms with E-state index in [1.165, 1.54) is 17.8 Å². The molecule has 1 heterocycles. The molecule has 1 amide bonds. The van der Waals surface area contributed by atoms with Crippen molar-refractivity contribution in [3.63, 3.8) is 0 Å². The van der Waals surface area contributed by atoms with E-state index in [0.29, 0.717) is 35.4 Å². The van der Waals surface area contributed by atoms with Crippen molar-refractivity contribution in [1.82, 2.24) is 4.90 Å². The number of rotatable bonds is 4. The van der Waals surface area contributed by atoms with Crippen molar-refractivity contribution in [2.75, 3.05) is 13.1 Å².